The van der Waals surface area contributed by atoms with Crippen LogP contribution in [0.4, 0.5) is 0 Å². The molecule has 3 aromatic rings. The van der Waals surface area contributed by atoms with Gasteiger partial charge in [0, 0.05) is 19.3 Å². The number of esters is 1. The summed E-state index contributed by atoms with van der Waals surface area (Å²) in [5, 5.41) is 4.53. The summed E-state index contributed by atoms with van der Waals surface area (Å²) in [6.45, 7) is 1.58. The highest BCUT2D eigenvalue weighted by Gasteiger charge is 2.24. The van der Waals surface area contributed by atoms with Gasteiger partial charge in [-0.15, -0.1) is 0 Å². The predicted molar refractivity (Wildman–Crippen MR) is 88.8 cm³/mol. The van der Waals surface area contributed by atoms with Gasteiger partial charge < -0.3 is 9.30 Å². The molecule has 2 aromatic carbocycles. The van der Waals surface area contributed by atoms with Gasteiger partial charge in [-0.3, -0.25) is 10.1 Å². The lowest BCUT2D eigenvalue weighted by Gasteiger charge is -2.16. The molecule has 1 atom stereocenters. The Morgan fingerprint density at radius 1 is 1.13 bits per heavy atom. The number of hydrogen-bond acceptors (Lipinski definition) is 3. The molecule has 1 aromatic heterocycles. The minimum atomic E-state index is -0.332. The van der Waals surface area contributed by atoms with E-state index in [4.69, 9.17) is 4.74 Å². The van der Waals surface area contributed by atoms with Crippen LogP contribution in [-0.2, 0) is 29.2 Å². The zero-order valence-electron chi connectivity index (χ0n) is 12.7. The van der Waals surface area contributed by atoms with Gasteiger partial charge in [0.25, 0.3) is 0 Å². The van der Waals surface area contributed by atoms with Crippen molar-refractivity contribution in [2.75, 3.05) is 0 Å². The van der Waals surface area contributed by atoms with E-state index in [2.05, 4.69) is 34.1 Å². The summed E-state index contributed by atoms with van der Waals surface area (Å²) >= 11 is 0. The maximum Gasteiger partial charge on any atom is 0.325 e. The molecule has 0 bridgehead atoms. The SMILES string of the molecule is O=C(OCc1ccccc1)C1Cn2ccc3cccc(c32)CN1. The monoisotopic (exact) mass is 306 g/mol. The molecule has 23 heavy (non-hydrogen) atoms. The first-order valence-corrected chi connectivity index (χ1v) is 7.82. The van der Waals surface area contributed by atoms with Gasteiger partial charge >= 0.3 is 5.97 Å². The number of carbonyl (C=O) groups excluding carboxylic acids is 1. The molecule has 0 radical (unpaired) electrons. The van der Waals surface area contributed by atoms with Crippen molar-refractivity contribution in [2.24, 2.45) is 0 Å². The molecule has 116 valence electrons. The molecule has 1 aliphatic heterocycles. The first-order valence-electron chi connectivity index (χ1n) is 7.82. The van der Waals surface area contributed by atoms with E-state index in [-0.39, 0.29) is 12.0 Å². The molecular formula is C19H18N2O2. The summed E-state index contributed by atoms with van der Waals surface area (Å²) < 4.78 is 7.62. The van der Waals surface area contributed by atoms with Crippen molar-refractivity contribution in [1.29, 1.82) is 0 Å². The van der Waals surface area contributed by atoms with Crippen LogP contribution in [0.3, 0.4) is 0 Å². The number of ether oxygens (including phenoxy) is 1. The van der Waals surface area contributed by atoms with Crippen LogP contribution in [0, 0.1) is 0 Å². The predicted octanol–water partition coefficient (Wildman–Crippen LogP) is 2.86. The van der Waals surface area contributed by atoms with E-state index in [1.54, 1.807) is 0 Å². The number of rotatable bonds is 3. The Bertz CT molecular complexity index is 839. The molecule has 0 spiro atoms. The van der Waals surface area contributed by atoms with Gasteiger partial charge in [-0.25, -0.2) is 0 Å². The lowest BCUT2D eigenvalue weighted by molar-refractivity contribution is -0.147. The Morgan fingerprint density at radius 3 is 2.87 bits per heavy atom. The minimum absolute atomic E-state index is 0.205. The van der Waals surface area contributed by atoms with Gasteiger partial charge in [-0.2, -0.15) is 0 Å². The highest BCUT2D eigenvalue weighted by atomic mass is 16.5. The van der Waals surface area contributed by atoms with Crippen molar-refractivity contribution in [2.45, 2.75) is 25.7 Å². The van der Waals surface area contributed by atoms with Gasteiger partial charge in [-0.1, -0.05) is 48.5 Å². The fourth-order valence-corrected chi connectivity index (χ4v) is 3.12. The lowest BCUT2D eigenvalue weighted by Crippen LogP contribution is -2.39. The third kappa shape index (κ3) is 2.73. The van der Waals surface area contributed by atoms with E-state index in [9.17, 15) is 4.79 Å². The Hall–Kier alpha value is -2.59. The van der Waals surface area contributed by atoms with Crippen LogP contribution in [0.15, 0.2) is 60.8 Å². The molecule has 4 heteroatoms. The molecule has 0 aliphatic carbocycles. The molecule has 4 rings (SSSR count). The Kier molecular flexibility index (Phi) is 3.60. The molecule has 0 fully saturated rings. The third-order valence-electron chi connectivity index (χ3n) is 4.30. The highest BCUT2D eigenvalue weighted by molar-refractivity contribution is 5.84. The normalized spacial score (nSPS) is 17.0. The maximum absolute atomic E-state index is 12.4. The first-order chi connectivity index (χ1) is 11.3. The number of aromatic nitrogens is 1. The van der Waals surface area contributed by atoms with Crippen LogP contribution in [0.2, 0.25) is 0 Å². The van der Waals surface area contributed by atoms with Crippen molar-refractivity contribution in [3.8, 4) is 0 Å². The van der Waals surface area contributed by atoms with E-state index in [1.165, 1.54) is 16.5 Å². The second-order valence-corrected chi connectivity index (χ2v) is 5.85. The van der Waals surface area contributed by atoms with Gasteiger partial charge in [0.1, 0.15) is 12.6 Å². The Balaban J connectivity index is 1.49. The minimum Gasteiger partial charge on any atom is -0.460 e. The number of nitrogens with zero attached hydrogens (tertiary/aromatic N) is 1. The molecule has 2 heterocycles. The Morgan fingerprint density at radius 2 is 2.00 bits per heavy atom. The van der Waals surface area contributed by atoms with E-state index >= 15 is 0 Å². The molecule has 4 nitrogen and oxygen atoms in total. The van der Waals surface area contributed by atoms with Crippen molar-refractivity contribution >= 4 is 16.9 Å². The van der Waals surface area contributed by atoms with Crippen LogP contribution in [0.5, 0.6) is 0 Å². The Labute approximate surface area is 134 Å². The third-order valence-corrected chi connectivity index (χ3v) is 4.30. The molecular weight excluding hydrogens is 288 g/mol. The number of para-hydroxylation sites is 1. The molecule has 1 unspecified atom stereocenters. The van der Waals surface area contributed by atoms with E-state index in [1.807, 2.05) is 36.5 Å². The lowest BCUT2D eigenvalue weighted by atomic mass is 10.1. The summed E-state index contributed by atoms with van der Waals surface area (Å²) in [4.78, 5) is 12.4. The quantitative estimate of drug-likeness (QED) is 0.757. The first kappa shape index (κ1) is 14.0. The van der Waals surface area contributed by atoms with Gasteiger partial charge in [-0.05, 0) is 22.6 Å². The summed E-state index contributed by atoms with van der Waals surface area (Å²) in [6.07, 6.45) is 2.04. The van der Waals surface area contributed by atoms with Crippen molar-refractivity contribution in [3.05, 3.63) is 71.9 Å². The second kappa shape index (κ2) is 5.89. The summed E-state index contributed by atoms with van der Waals surface area (Å²) in [7, 11) is 0. The smallest absolute Gasteiger partial charge is 0.325 e. The zero-order chi connectivity index (χ0) is 15.6. The molecule has 0 amide bonds. The molecule has 1 aliphatic rings. The van der Waals surface area contributed by atoms with Crippen LogP contribution in [-0.4, -0.2) is 16.6 Å². The number of carbonyl (C=O) groups is 1. The van der Waals surface area contributed by atoms with Crippen molar-refractivity contribution in [1.82, 2.24) is 9.88 Å². The maximum atomic E-state index is 12.4. The van der Waals surface area contributed by atoms with Gasteiger partial charge in [0.2, 0.25) is 0 Å². The average molecular weight is 306 g/mol. The number of nitrogens with one attached hydrogen (secondary N) is 1. The van der Waals surface area contributed by atoms with Crippen LogP contribution < -0.4 is 5.32 Å². The van der Waals surface area contributed by atoms with Gasteiger partial charge in [0.15, 0.2) is 0 Å². The van der Waals surface area contributed by atoms with E-state index in [0.717, 1.165) is 5.56 Å². The van der Waals surface area contributed by atoms with Crippen LogP contribution >= 0.6 is 0 Å². The molecule has 0 saturated carbocycles. The number of benzene rings is 2. The standard InChI is InChI=1S/C19H18N2O2/c22-19(23-13-14-5-2-1-3-6-14)17-12-21-10-9-15-7-4-8-16(11-20-17)18(15)21/h1-10,17,20H,11-13H2. The topological polar surface area (TPSA) is 43.3 Å². The highest BCUT2D eigenvalue weighted by Crippen LogP contribution is 2.23. The van der Waals surface area contributed by atoms with E-state index in [0.29, 0.717) is 19.7 Å². The second-order valence-electron chi connectivity index (χ2n) is 5.85. The average Bonchev–Trinajstić information content (AvgIpc) is 2.90. The van der Waals surface area contributed by atoms with Crippen LogP contribution in [0.25, 0.3) is 10.9 Å². The molecule has 1 N–H and O–H groups in total. The summed E-state index contributed by atoms with van der Waals surface area (Å²) in [5.74, 6) is -0.205. The van der Waals surface area contributed by atoms with Crippen LogP contribution in [0.1, 0.15) is 11.1 Å². The molecule has 0 saturated heterocycles. The fourth-order valence-electron chi connectivity index (χ4n) is 3.12. The summed E-state index contributed by atoms with van der Waals surface area (Å²) in [5.41, 5.74) is 3.42. The van der Waals surface area contributed by atoms with Gasteiger partial charge in [0.05, 0.1) is 5.52 Å². The fraction of sp³-hybridized carbons (Fsp3) is 0.211. The number of hydrogen-bond donors (Lipinski definition) is 1. The van der Waals surface area contributed by atoms with E-state index < -0.39 is 0 Å². The van der Waals surface area contributed by atoms with Crippen molar-refractivity contribution < 1.29 is 9.53 Å². The van der Waals surface area contributed by atoms with Crippen molar-refractivity contribution in [3.63, 3.8) is 0 Å². The zero-order valence-corrected chi connectivity index (χ0v) is 12.7. The summed E-state index contributed by atoms with van der Waals surface area (Å²) in [6, 6.07) is 17.8. The largest absolute Gasteiger partial charge is 0.460 e.